The van der Waals surface area contributed by atoms with Gasteiger partial charge in [0.15, 0.2) is 0 Å². The van der Waals surface area contributed by atoms with Crippen LogP contribution in [0.25, 0.3) is 0 Å². The number of aliphatic hydroxyl groups is 1. The fourth-order valence-corrected chi connectivity index (χ4v) is 2.70. The first-order valence-corrected chi connectivity index (χ1v) is 7.98. The predicted molar refractivity (Wildman–Crippen MR) is 76.5 cm³/mol. The number of sulfonamides is 1. The third-order valence-electron chi connectivity index (χ3n) is 3.33. The van der Waals surface area contributed by atoms with E-state index in [1.807, 2.05) is 20.8 Å². The lowest BCUT2D eigenvalue weighted by Crippen LogP contribution is -2.33. The molecule has 1 aromatic carbocycles. The van der Waals surface area contributed by atoms with Crippen molar-refractivity contribution in [3.8, 4) is 0 Å². The molecule has 4 nitrogen and oxygen atoms in total. The van der Waals surface area contributed by atoms with Crippen molar-refractivity contribution in [2.24, 2.45) is 5.41 Å². The van der Waals surface area contributed by atoms with E-state index in [4.69, 9.17) is 5.11 Å². The van der Waals surface area contributed by atoms with Gasteiger partial charge in [0.05, 0.1) is 4.90 Å². The molecule has 1 rings (SSSR count). The number of rotatable bonds is 7. The largest absolute Gasteiger partial charge is 0.396 e. The Labute approximate surface area is 115 Å². The van der Waals surface area contributed by atoms with Gasteiger partial charge in [-0.1, -0.05) is 32.9 Å². The number of nitrogens with one attached hydrogen (secondary N) is 1. The van der Waals surface area contributed by atoms with Crippen LogP contribution in [-0.2, 0) is 16.4 Å². The van der Waals surface area contributed by atoms with Crippen LogP contribution in [-0.4, -0.2) is 26.7 Å². The van der Waals surface area contributed by atoms with Crippen LogP contribution in [0.15, 0.2) is 29.2 Å². The summed E-state index contributed by atoms with van der Waals surface area (Å²) in [6.07, 6.45) is 1.45. The van der Waals surface area contributed by atoms with Crippen LogP contribution in [0, 0.1) is 5.41 Å². The normalized spacial score (nSPS) is 12.6. The first-order valence-electron chi connectivity index (χ1n) is 6.50. The van der Waals surface area contributed by atoms with E-state index in [-0.39, 0.29) is 16.9 Å². The van der Waals surface area contributed by atoms with Crippen LogP contribution in [0.2, 0.25) is 0 Å². The van der Waals surface area contributed by atoms with Crippen molar-refractivity contribution in [1.29, 1.82) is 0 Å². The minimum absolute atomic E-state index is 0.0517. The van der Waals surface area contributed by atoms with Gasteiger partial charge >= 0.3 is 0 Å². The van der Waals surface area contributed by atoms with Crippen LogP contribution >= 0.6 is 0 Å². The summed E-state index contributed by atoms with van der Waals surface area (Å²) in [7, 11) is -3.45. The quantitative estimate of drug-likeness (QED) is 0.804. The molecule has 0 aliphatic rings. The second kappa shape index (κ2) is 6.50. The van der Waals surface area contributed by atoms with E-state index in [2.05, 4.69) is 4.72 Å². The second-order valence-corrected chi connectivity index (χ2v) is 7.23. The predicted octanol–water partition coefficient (Wildman–Crippen LogP) is 1.94. The third kappa shape index (κ3) is 4.93. The highest BCUT2D eigenvalue weighted by molar-refractivity contribution is 7.89. The van der Waals surface area contributed by atoms with Crippen molar-refractivity contribution in [3.63, 3.8) is 0 Å². The molecular weight excluding hydrogens is 262 g/mol. The molecule has 5 heteroatoms. The Bertz CT molecular complexity index is 492. The molecule has 0 aromatic heterocycles. The fraction of sp³-hybridized carbons (Fsp3) is 0.571. The number of hydrogen-bond donors (Lipinski definition) is 2. The molecule has 0 unspecified atom stereocenters. The van der Waals surface area contributed by atoms with E-state index in [9.17, 15) is 8.42 Å². The van der Waals surface area contributed by atoms with Crippen molar-refractivity contribution in [1.82, 2.24) is 4.72 Å². The summed E-state index contributed by atoms with van der Waals surface area (Å²) in [5.74, 6) is 0. The summed E-state index contributed by atoms with van der Waals surface area (Å²) < 4.78 is 26.8. The molecule has 0 bridgehead atoms. The summed E-state index contributed by atoms with van der Waals surface area (Å²) in [5.41, 5.74) is 0.875. The molecule has 0 atom stereocenters. The smallest absolute Gasteiger partial charge is 0.240 e. The van der Waals surface area contributed by atoms with Crippen molar-refractivity contribution in [3.05, 3.63) is 29.8 Å². The van der Waals surface area contributed by atoms with Crippen molar-refractivity contribution in [2.75, 3.05) is 13.2 Å². The topological polar surface area (TPSA) is 66.4 Å². The summed E-state index contributed by atoms with van der Waals surface area (Å²) in [6, 6.07) is 6.62. The lowest BCUT2D eigenvalue weighted by atomic mass is 9.91. The Kier molecular flexibility index (Phi) is 5.52. The van der Waals surface area contributed by atoms with Crippen LogP contribution < -0.4 is 4.72 Å². The van der Waals surface area contributed by atoms with Gasteiger partial charge in [0.25, 0.3) is 0 Å². The first-order chi connectivity index (χ1) is 8.80. The molecule has 0 aliphatic carbocycles. The molecular formula is C14H23NO3S. The molecule has 0 aliphatic heterocycles. The number of benzene rings is 1. The zero-order chi connectivity index (χ0) is 14.5. The summed E-state index contributed by atoms with van der Waals surface area (Å²) in [4.78, 5) is 0.265. The molecule has 0 saturated carbocycles. The molecule has 0 spiro atoms. The molecule has 0 radical (unpaired) electrons. The van der Waals surface area contributed by atoms with Gasteiger partial charge in [0.2, 0.25) is 10.0 Å². The lowest BCUT2D eigenvalue weighted by molar-refractivity contribution is 0.299. The Morgan fingerprint density at radius 2 is 1.79 bits per heavy atom. The van der Waals surface area contributed by atoms with Gasteiger partial charge in [0.1, 0.15) is 0 Å². The van der Waals surface area contributed by atoms with Crippen molar-refractivity contribution >= 4 is 10.0 Å². The first kappa shape index (κ1) is 16.1. The van der Waals surface area contributed by atoms with Gasteiger partial charge in [0, 0.05) is 13.2 Å². The standard InChI is InChI=1S/C14H23NO3S/c1-4-14(2,3)11-15-19(17,18)13-7-5-12(6-8-13)9-10-16/h5-8,15-16H,4,9-11H2,1-3H3. The third-order valence-corrected chi connectivity index (χ3v) is 4.75. The number of aliphatic hydroxyl groups excluding tert-OH is 1. The van der Waals surface area contributed by atoms with E-state index >= 15 is 0 Å². The molecule has 0 amide bonds. The van der Waals surface area contributed by atoms with Crippen LogP contribution in [0.1, 0.15) is 32.8 Å². The molecule has 108 valence electrons. The lowest BCUT2D eigenvalue weighted by Gasteiger charge is -2.22. The number of hydrogen-bond acceptors (Lipinski definition) is 3. The summed E-state index contributed by atoms with van der Waals surface area (Å²) >= 11 is 0. The Morgan fingerprint density at radius 3 is 2.26 bits per heavy atom. The zero-order valence-corrected chi connectivity index (χ0v) is 12.6. The molecule has 2 N–H and O–H groups in total. The van der Waals surface area contributed by atoms with Gasteiger partial charge < -0.3 is 5.11 Å². The van der Waals surface area contributed by atoms with Crippen LogP contribution in [0.3, 0.4) is 0 Å². The fourth-order valence-electron chi connectivity index (χ4n) is 1.46. The Morgan fingerprint density at radius 1 is 1.21 bits per heavy atom. The highest BCUT2D eigenvalue weighted by atomic mass is 32.2. The average Bonchev–Trinajstić information content (AvgIpc) is 2.38. The summed E-state index contributed by atoms with van der Waals surface area (Å²) in [5, 5.41) is 8.82. The van der Waals surface area contributed by atoms with Gasteiger partial charge in [-0.05, 0) is 36.0 Å². The van der Waals surface area contributed by atoms with Gasteiger partial charge in [-0.25, -0.2) is 13.1 Å². The Balaban J connectivity index is 2.77. The van der Waals surface area contributed by atoms with Crippen LogP contribution in [0.5, 0.6) is 0 Å². The van der Waals surface area contributed by atoms with E-state index in [0.717, 1.165) is 12.0 Å². The van der Waals surface area contributed by atoms with Gasteiger partial charge in [-0.15, -0.1) is 0 Å². The second-order valence-electron chi connectivity index (χ2n) is 5.46. The maximum absolute atomic E-state index is 12.1. The molecule has 0 fully saturated rings. The molecule has 19 heavy (non-hydrogen) atoms. The Hall–Kier alpha value is -0.910. The minimum Gasteiger partial charge on any atom is -0.396 e. The van der Waals surface area contributed by atoms with E-state index in [1.54, 1.807) is 24.3 Å². The molecule has 1 aromatic rings. The molecule has 0 heterocycles. The SMILES string of the molecule is CCC(C)(C)CNS(=O)(=O)c1ccc(CCO)cc1. The summed E-state index contributed by atoms with van der Waals surface area (Å²) in [6.45, 7) is 6.58. The average molecular weight is 285 g/mol. The van der Waals surface area contributed by atoms with Crippen molar-refractivity contribution < 1.29 is 13.5 Å². The van der Waals surface area contributed by atoms with Crippen LogP contribution in [0.4, 0.5) is 0 Å². The highest BCUT2D eigenvalue weighted by Crippen LogP contribution is 2.19. The maximum atomic E-state index is 12.1. The highest BCUT2D eigenvalue weighted by Gasteiger charge is 2.20. The van der Waals surface area contributed by atoms with Crippen molar-refractivity contribution in [2.45, 2.75) is 38.5 Å². The zero-order valence-electron chi connectivity index (χ0n) is 11.8. The van der Waals surface area contributed by atoms with Gasteiger partial charge in [-0.2, -0.15) is 0 Å². The van der Waals surface area contributed by atoms with E-state index in [1.165, 1.54) is 0 Å². The monoisotopic (exact) mass is 285 g/mol. The van der Waals surface area contributed by atoms with E-state index < -0.39 is 10.0 Å². The van der Waals surface area contributed by atoms with Gasteiger partial charge in [-0.3, -0.25) is 0 Å². The molecule has 0 saturated heterocycles. The van der Waals surface area contributed by atoms with E-state index in [0.29, 0.717) is 13.0 Å². The maximum Gasteiger partial charge on any atom is 0.240 e. The minimum atomic E-state index is -3.45.